The molecule has 13 heteroatoms. The third-order valence-corrected chi connectivity index (χ3v) is 7.01. The maximum absolute atomic E-state index is 13.1. The normalized spacial score (nSPS) is 14.7. The smallest absolute Gasteiger partial charge is 0.434 e. The minimum Gasteiger partial charge on any atom is -0.480 e. The van der Waals surface area contributed by atoms with Crippen LogP contribution in [0.3, 0.4) is 0 Å². The molecule has 4 heterocycles. The highest BCUT2D eigenvalue weighted by Crippen LogP contribution is 2.46. The SMILES string of the molecule is COc1ncnc(C2CC2)c1-c1nc(NCc2ccc(-c3nc(C(F)(F)F)cn3C)cc2)c2c(n1)N(C#N)CC2. The number of fused-ring (bicyclic) bond motifs is 1. The molecule has 0 spiro atoms. The van der Waals surface area contributed by atoms with E-state index in [2.05, 4.69) is 26.5 Å². The molecule has 1 saturated carbocycles. The first kappa shape index (κ1) is 25.5. The van der Waals surface area contributed by atoms with Crippen molar-refractivity contribution in [2.75, 3.05) is 23.9 Å². The molecular weight excluding hydrogens is 523 g/mol. The number of nitriles is 1. The topological polar surface area (TPSA) is 118 Å². The van der Waals surface area contributed by atoms with Crippen LogP contribution in [0.2, 0.25) is 0 Å². The number of aryl methyl sites for hydroxylation is 1. The summed E-state index contributed by atoms with van der Waals surface area (Å²) in [7, 11) is 3.07. The largest absolute Gasteiger partial charge is 0.480 e. The molecule has 1 aromatic carbocycles. The maximum Gasteiger partial charge on any atom is 0.434 e. The van der Waals surface area contributed by atoms with Crippen LogP contribution in [0.15, 0.2) is 36.8 Å². The molecule has 1 fully saturated rings. The standard InChI is InChI=1S/C27H24F3N9O/c1-38-12-19(27(28,29)30)35-24(38)17-5-3-15(4-6-17)11-32-22-18-9-10-39(13-31)25(18)37-23(36-22)20-21(16-7-8-16)33-14-34-26(20)40-2/h3-6,12,14,16H,7-11H2,1-2H3,(H,32,36,37). The van der Waals surface area contributed by atoms with Gasteiger partial charge in [0.15, 0.2) is 23.5 Å². The Labute approximate surface area is 227 Å². The zero-order valence-electron chi connectivity index (χ0n) is 21.7. The van der Waals surface area contributed by atoms with Crippen molar-refractivity contribution in [3.63, 3.8) is 0 Å². The van der Waals surface area contributed by atoms with Crippen molar-refractivity contribution in [2.24, 2.45) is 7.05 Å². The van der Waals surface area contributed by atoms with Crippen LogP contribution >= 0.6 is 0 Å². The molecule has 204 valence electrons. The first-order chi connectivity index (χ1) is 19.3. The zero-order chi connectivity index (χ0) is 28.0. The van der Waals surface area contributed by atoms with Gasteiger partial charge in [0, 0.05) is 43.4 Å². The summed E-state index contributed by atoms with van der Waals surface area (Å²) in [4.78, 5) is 23.7. The van der Waals surface area contributed by atoms with Gasteiger partial charge >= 0.3 is 6.18 Å². The molecule has 10 nitrogen and oxygen atoms in total. The van der Waals surface area contributed by atoms with Gasteiger partial charge in [0.2, 0.25) is 5.88 Å². The first-order valence-corrected chi connectivity index (χ1v) is 12.7. The minimum absolute atomic E-state index is 0.229. The molecule has 1 N–H and O–H groups in total. The van der Waals surface area contributed by atoms with Gasteiger partial charge in [-0.3, -0.25) is 4.90 Å². The van der Waals surface area contributed by atoms with Gasteiger partial charge in [-0.2, -0.15) is 18.4 Å². The number of halogens is 3. The van der Waals surface area contributed by atoms with Gasteiger partial charge in [-0.25, -0.2) is 24.9 Å². The fraction of sp³-hybridized carbons (Fsp3) is 0.333. The lowest BCUT2D eigenvalue weighted by Gasteiger charge is -2.16. The molecule has 4 aromatic rings. The summed E-state index contributed by atoms with van der Waals surface area (Å²) >= 11 is 0. The van der Waals surface area contributed by atoms with E-state index in [-0.39, 0.29) is 11.7 Å². The molecule has 0 radical (unpaired) electrons. The van der Waals surface area contributed by atoms with Crippen molar-refractivity contribution in [1.82, 2.24) is 29.5 Å². The molecule has 0 bridgehead atoms. The minimum atomic E-state index is -4.51. The lowest BCUT2D eigenvalue weighted by atomic mass is 10.1. The van der Waals surface area contributed by atoms with E-state index in [1.165, 1.54) is 30.0 Å². The molecule has 0 saturated heterocycles. The average Bonchev–Trinajstić information content (AvgIpc) is 3.59. The van der Waals surface area contributed by atoms with Crippen molar-refractivity contribution in [2.45, 2.75) is 37.9 Å². The number of ether oxygens (including phenoxy) is 1. The Morgan fingerprint density at radius 1 is 1.12 bits per heavy atom. The Bertz CT molecular complexity index is 1620. The van der Waals surface area contributed by atoms with Crippen LogP contribution < -0.4 is 15.0 Å². The molecule has 3 aromatic heterocycles. The van der Waals surface area contributed by atoms with Gasteiger partial charge in [-0.05, 0) is 24.8 Å². The van der Waals surface area contributed by atoms with Gasteiger partial charge in [0.1, 0.15) is 23.5 Å². The van der Waals surface area contributed by atoms with E-state index in [1.54, 1.807) is 12.1 Å². The fourth-order valence-electron chi connectivity index (χ4n) is 4.85. The average molecular weight is 548 g/mol. The summed E-state index contributed by atoms with van der Waals surface area (Å²) < 4.78 is 46.1. The highest BCUT2D eigenvalue weighted by molar-refractivity contribution is 5.73. The Hall–Kier alpha value is -4.73. The fourth-order valence-corrected chi connectivity index (χ4v) is 4.85. The molecule has 1 aliphatic carbocycles. The summed E-state index contributed by atoms with van der Waals surface area (Å²) in [6, 6.07) is 7.13. The number of imidazole rings is 1. The van der Waals surface area contributed by atoms with E-state index in [0.717, 1.165) is 35.9 Å². The molecule has 0 unspecified atom stereocenters. The van der Waals surface area contributed by atoms with Crippen LogP contribution in [0.1, 0.15) is 41.3 Å². The lowest BCUT2D eigenvalue weighted by Crippen LogP contribution is -2.14. The second-order valence-corrected chi connectivity index (χ2v) is 9.73. The van der Waals surface area contributed by atoms with E-state index in [4.69, 9.17) is 14.7 Å². The van der Waals surface area contributed by atoms with Crippen molar-refractivity contribution < 1.29 is 17.9 Å². The summed E-state index contributed by atoms with van der Waals surface area (Å²) in [6.45, 7) is 0.886. The Morgan fingerprint density at radius 3 is 2.55 bits per heavy atom. The Morgan fingerprint density at radius 2 is 1.90 bits per heavy atom. The van der Waals surface area contributed by atoms with E-state index in [9.17, 15) is 18.4 Å². The molecule has 6 rings (SSSR count). The number of rotatable bonds is 7. The third kappa shape index (κ3) is 4.66. The number of nitrogens with one attached hydrogen (secondary N) is 1. The highest BCUT2D eigenvalue weighted by Gasteiger charge is 2.35. The number of benzene rings is 1. The highest BCUT2D eigenvalue weighted by atomic mass is 19.4. The molecule has 1 aliphatic heterocycles. The van der Waals surface area contributed by atoms with Crippen LogP contribution in [0, 0.1) is 11.5 Å². The monoisotopic (exact) mass is 547 g/mol. The number of hydrogen-bond acceptors (Lipinski definition) is 9. The van der Waals surface area contributed by atoms with Gasteiger partial charge in [0.05, 0.1) is 12.8 Å². The summed E-state index contributed by atoms with van der Waals surface area (Å²) in [6.07, 6.45) is 2.76. The van der Waals surface area contributed by atoms with Crippen LogP contribution in [0.25, 0.3) is 22.8 Å². The first-order valence-electron chi connectivity index (χ1n) is 12.7. The number of hydrogen-bond donors (Lipinski definition) is 1. The number of aromatic nitrogens is 6. The van der Waals surface area contributed by atoms with Crippen LogP contribution in [0.4, 0.5) is 24.8 Å². The second-order valence-electron chi connectivity index (χ2n) is 9.73. The van der Waals surface area contributed by atoms with Crippen LogP contribution in [-0.4, -0.2) is 43.1 Å². The Balaban J connectivity index is 1.30. The molecule has 40 heavy (non-hydrogen) atoms. The van der Waals surface area contributed by atoms with Gasteiger partial charge in [0.25, 0.3) is 0 Å². The summed E-state index contributed by atoms with van der Waals surface area (Å²) in [5.74, 6) is 2.40. The number of alkyl halides is 3. The van der Waals surface area contributed by atoms with Gasteiger partial charge in [-0.1, -0.05) is 24.3 Å². The van der Waals surface area contributed by atoms with Gasteiger partial charge in [-0.15, -0.1) is 0 Å². The molecule has 0 amide bonds. The van der Waals surface area contributed by atoms with E-state index in [0.29, 0.717) is 54.0 Å². The van der Waals surface area contributed by atoms with E-state index >= 15 is 0 Å². The Kier molecular flexibility index (Phi) is 6.25. The van der Waals surface area contributed by atoms with E-state index < -0.39 is 11.9 Å². The predicted molar refractivity (Wildman–Crippen MR) is 139 cm³/mol. The number of methoxy groups -OCH3 is 1. The number of anilines is 2. The molecule has 2 aliphatic rings. The van der Waals surface area contributed by atoms with Crippen molar-refractivity contribution in [1.29, 1.82) is 5.26 Å². The van der Waals surface area contributed by atoms with Crippen LogP contribution in [0.5, 0.6) is 5.88 Å². The summed E-state index contributed by atoms with van der Waals surface area (Å²) in [5, 5.41) is 13.1. The van der Waals surface area contributed by atoms with Crippen molar-refractivity contribution >= 4 is 11.6 Å². The lowest BCUT2D eigenvalue weighted by molar-refractivity contribution is -0.140. The third-order valence-electron chi connectivity index (χ3n) is 7.01. The predicted octanol–water partition coefficient (Wildman–Crippen LogP) is 4.69. The van der Waals surface area contributed by atoms with Crippen molar-refractivity contribution in [3.05, 3.63) is 59.3 Å². The second kappa shape index (κ2) is 9.78. The van der Waals surface area contributed by atoms with Crippen LogP contribution in [-0.2, 0) is 26.2 Å². The van der Waals surface area contributed by atoms with E-state index in [1.807, 2.05) is 12.1 Å². The molecule has 0 atom stereocenters. The quantitative estimate of drug-likeness (QED) is 0.329. The zero-order valence-corrected chi connectivity index (χ0v) is 21.7. The van der Waals surface area contributed by atoms with Crippen molar-refractivity contribution in [3.8, 4) is 34.8 Å². The maximum atomic E-state index is 13.1. The number of nitrogens with zero attached hydrogens (tertiary/aromatic N) is 8. The molecular formula is C27H24F3N9O. The summed E-state index contributed by atoms with van der Waals surface area (Å²) in [5.41, 5.74) is 2.82. The van der Waals surface area contributed by atoms with Gasteiger partial charge < -0.3 is 14.6 Å².